The van der Waals surface area contributed by atoms with E-state index in [-0.39, 0.29) is 5.41 Å². The van der Waals surface area contributed by atoms with Gasteiger partial charge in [-0.05, 0) is 28.7 Å². The van der Waals surface area contributed by atoms with Gasteiger partial charge in [-0.2, -0.15) is 0 Å². The lowest BCUT2D eigenvalue weighted by molar-refractivity contribution is 0.167. The van der Waals surface area contributed by atoms with Gasteiger partial charge in [0.25, 0.3) is 0 Å². The predicted molar refractivity (Wildman–Crippen MR) is 95.8 cm³/mol. The summed E-state index contributed by atoms with van der Waals surface area (Å²) < 4.78 is 5.15. The van der Waals surface area contributed by atoms with Crippen LogP contribution in [0, 0.1) is 0 Å². The molecule has 126 valence electrons. The highest BCUT2D eigenvalue weighted by atomic mass is 16.7. The van der Waals surface area contributed by atoms with Gasteiger partial charge in [0.05, 0.1) is 19.0 Å². The van der Waals surface area contributed by atoms with E-state index >= 15 is 0 Å². The van der Waals surface area contributed by atoms with Crippen LogP contribution in [-0.4, -0.2) is 19.4 Å². The molecule has 0 heterocycles. The molecule has 0 aliphatic carbocycles. The molecule has 1 amide bonds. The largest absolute Gasteiger partial charge is 0.495 e. The first-order valence-electron chi connectivity index (χ1n) is 7.65. The van der Waals surface area contributed by atoms with Crippen molar-refractivity contribution in [3.63, 3.8) is 0 Å². The Labute approximate surface area is 142 Å². The Morgan fingerprint density at radius 1 is 1.08 bits per heavy atom. The van der Waals surface area contributed by atoms with Crippen molar-refractivity contribution in [2.24, 2.45) is 5.16 Å². The average molecular weight is 326 g/mol. The third kappa shape index (κ3) is 4.84. The summed E-state index contributed by atoms with van der Waals surface area (Å²) in [4.78, 5) is 16.6. The van der Waals surface area contributed by atoms with Gasteiger partial charge in [0.2, 0.25) is 0 Å². The fourth-order valence-electron chi connectivity index (χ4n) is 2.08. The third-order valence-corrected chi connectivity index (χ3v) is 3.46. The van der Waals surface area contributed by atoms with Crippen LogP contribution in [0.4, 0.5) is 10.5 Å². The summed E-state index contributed by atoms with van der Waals surface area (Å²) in [7, 11) is 1.53. The molecule has 1 N–H and O–H groups in total. The molecule has 0 atom stereocenters. The van der Waals surface area contributed by atoms with Gasteiger partial charge in [0.1, 0.15) is 5.75 Å². The van der Waals surface area contributed by atoms with Gasteiger partial charge in [-0.25, -0.2) is 4.79 Å². The normalized spacial score (nSPS) is 11.3. The first kappa shape index (κ1) is 17.5. The number of methoxy groups -OCH3 is 1. The van der Waals surface area contributed by atoms with E-state index < -0.39 is 6.09 Å². The van der Waals surface area contributed by atoms with E-state index in [0.717, 1.165) is 5.56 Å². The van der Waals surface area contributed by atoms with Crippen molar-refractivity contribution in [2.75, 3.05) is 12.4 Å². The molecule has 24 heavy (non-hydrogen) atoms. The van der Waals surface area contributed by atoms with Gasteiger partial charge in [0.15, 0.2) is 0 Å². The quantitative estimate of drug-likeness (QED) is 0.508. The van der Waals surface area contributed by atoms with Gasteiger partial charge >= 0.3 is 6.09 Å². The summed E-state index contributed by atoms with van der Waals surface area (Å²) in [6.45, 7) is 6.46. The van der Waals surface area contributed by atoms with Crippen molar-refractivity contribution in [1.82, 2.24) is 0 Å². The van der Waals surface area contributed by atoms with Crippen molar-refractivity contribution in [3.8, 4) is 5.75 Å². The average Bonchev–Trinajstić information content (AvgIpc) is 2.55. The number of hydrogen-bond acceptors (Lipinski definition) is 4. The molecule has 0 aliphatic heterocycles. The highest BCUT2D eigenvalue weighted by Crippen LogP contribution is 2.23. The van der Waals surface area contributed by atoms with E-state index in [2.05, 4.69) is 31.2 Å². The molecule has 0 radical (unpaired) electrons. The van der Waals surface area contributed by atoms with Crippen LogP contribution in [0.25, 0.3) is 0 Å². The summed E-state index contributed by atoms with van der Waals surface area (Å²) in [5, 5.41) is 6.28. The lowest BCUT2D eigenvalue weighted by atomic mass is 9.87. The first-order chi connectivity index (χ1) is 11.4. The fraction of sp³-hybridized carbons (Fsp3) is 0.263. The van der Waals surface area contributed by atoms with E-state index in [1.165, 1.54) is 18.9 Å². The van der Waals surface area contributed by atoms with Gasteiger partial charge < -0.3 is 4.74 Å². The van der Waals surface area contributed by atoms with Crippen LogP contribution in [0.1, 0.15) is 31.9 Å². The summed E-state index contributed by atoms with van der Waals surface area (Å²) in [5.74, 6) is 0.552. The zero-order valence-corrected chi connectivity index (χ0v) is 14.4. The van der Waals surface area contributed by atoms with Crippen molar-refractivity contribution in [1.29, 1.82) is 0 Å². The first-order valence-corrected chi connectivity index (χ1v) is 7.65. The highest BCUT2D eigenvalue weighted by Gasteiger charge is 2.12. The Bertz CT molecular complexity index is 716. The number of oxime groups is 1. The summed E-state index contributed by atoms with van der Waals surface area (Å²) in [6, 6.07) is 15.0. The summed E-state index contributed by atoms with van der Waals surface area (Å²) in [6.07, 6.45) is 0.816. The van der Waals surface area contributed by atoms with Crippen molar-refractivity contribution >= 4 is 18.0 Å². The van der Waals surface area contributed by atoms with Crippen molar-refractivity contribution in [3.05, 3.63) is 59.7 Å². The Balaban J connectivity index is 1.92. The number of para-hydroxylation sites is 2. The maximum Gasteiger partial charge on any atom is 0.437 e. The van der Waals surface area contributed by atoms with E-state index in [9.17, 15) is 4.79 Å². The predicted octanol–water partition coefficient (Wildman–Crippen LogP) is 4.58. The number of rotatable bonds is 4. The van der Waals surface area contributed by atoms with E-state index in [1.807, 2.05) is 30.3 Å². The smallest absolute Gasteiger partial charge is 0.437 e. The highest BCUT2D eigenvalue weighted by molar-refractivity contribution is 5.87. The lowest BCUT2D eigenvalue weighted by Crippen LogP contribution is -2.12. The molecule has 0 fully saturated rings. The number of benzene rings is 2. The van der Waals surface area contributed by atoms with Crippen LogP contribution >= 0.6 is 0 Å². The summed E-state index contributed by atoms with van der Waals surface area (Å²) >= 11 is 0. The van der Waals surface area contributed by atoms with Crippen LogP contribution in [0.3, 0.4) is 0 Å². The molecule has 0 saturated heterocycles. The molecule has 0 spiro atoms. The number of anilines is 1. The fourth-order valence-corrected chi connectivity index (χ4v) is 2.08. The molecule has 2 aromatic rings. The van der Waals surface area contributed by atoms with Gasteiger partial charge in [-0.1, -0.05) is 62.3 Å². The van der Waals surface area contributed by atoms with E-state index in [1.54, 1.807) is 18.2 Å². The molecule has 2 aromatic carbocycles. The molecule has 0 saturated carbocycles. The molecular weight excluding hydrogens is 304 g/mol. The second kappa shape index (κ2) is 7.64. The van der Waals surface area contributed by atoms with E-state index in [0.29, 0.717) is 11.4 Å². The maximum absolute atomic E-state index is 11.8. The number of carbonyl (C=O) groups excluding carboxylic acids is 1. The molecule has 0 unspecified atom stereocenters. The number of nitrogens with one attached hydrogen (secondary N) is 1. The van der Waals surface area contributed by atoms with Crippen molar-refractivity contribution < 1.29 is 14.4 Å². The van der Waals surface area contributed by atoms with Crippen molar-refractivity contribution in [2.45, 2.75) is 26.2 Å². The molecule has 0 aromatic heterocycles. The Morgan fingerprint density at radius 3 is 2.38 bits per heavy atom. The number of carbonyl (C=O) groups is 1. The minimum Gasteiger partial charge on any atom is -0.495 e. The molecule has 5 heteroatoms. The Morgan fingerprint density at radius 2 is 1.75 bits per heavy atom. The zero-order chi connectivity index (χ0) is 17.6. The standard InChI is InChI=1S/C19H22N2O3/c1-19(2,3)15-11-9-14(10-12-15)13-20-24-18(22)21-16-7-5-6-8-17(16)23-4/h5-13H,1-4H3,(H,21,22)/b20-13-. The number of ether oxygens (including phenoxy) is 1. The SMILES string of the molecule is COc1ccccc1NC(=O)O/N=C\c1ccc(C(C)(C)C)cc1. The van der Waals surface area contributed by atoms with Crippen LogP contribution in [-0.2, 0) is 10.3 Å². The lowest BCUT2D eigenvalue weighted by Gasteiger charge is -2.18. The van der Waals surface area contributed by atoms with Gasteiger partial charge in [0, 0.05) is 0 Å². The van der Waals surface area contributed by atoms with Crippen LogP contribution < -0.4 is 10.1 Å². The molecule has 0 aliphatic rings. The Hall–Kier alpha value is -2.82. The second-order valence-corrected chi connectivity index (χ2v) is 6.31. The minimum atomic E-state index is -0.679. The van der Waals surface area contributed by atoms with Crippen LogP contribution in [0.2, 0.25) is 0 Å². The maximum atomic E-state index is 11.8. The number of amides is 1. The molecule has 5 nitrogen and oxygen atoms in total. The minimum absolute atomic E-state index is 0.0980. The third-order valence-electron chi connectivity index (χ3n) is 3.46. The van der Waals surface area contributed by atoms with Gasteiger partial charge in [-0.15, -0.1) is 0 Å². The number of nitrogens with zero attached hydrogens (tertiary/aromatic N) is 1. The molecule has 2 rings (SSSR count). The van der Waals surface area contributed by atoms with Crippen LogP contribution in [0.5, 0.6) is 5.75 Å². The monoisotopic (exact) mass is 326 g/mol. The summed E-state index contributed by atoms with van der Waals surface area (Å²) in [5.41, 5.74) is 2.71. The Kier molecular flexibility index (Phi) is 5.58. The molecule has 0 bridgehead atoms. The topological polar surface area (TPSA) is 59.9 Å². The van der Waals surface area contributed by atoms with E-state index in [4.69, 9.17) is 9.57 Å². The molecular formula is C19H22N2O3. The van der Waals surface area contributed by atoms with Gasteiger partial charge in [-0.3, -0.25) is 10.2 Å². The number of hydrogen-bond donors (Lipinski definition) is 1. The second-order valence-electron chi connectivity index (χ2n) is 6.31. The zero-order valence-electron chi connectivity index (χ0n) is 14.4. The van der Waals surface area contributed by atoms with Crippen LogP contribution in [0.15, 0.2) is 53.7 Å².